The number of aryl methyl sites for hydroxylation is 1. The molecule has 1 aliphatic carbocycles. The molecule has 2 aromatic rings. The molecule has 0 aliphatic heterocycles. The molecule has 0 nitrogen and oxygen atoms in total. The van der Waals surface area contributed by atoms with Crippen LogP contribution < -0.4 is 0 Å². The van der Waals surface area contributed by atoms with Crippen molar-refractivity contribution in [2.45, 2.75) is 26.2 Å². The van der Waals surface area contributed by atoms with E-state index in [4.69, 9.17) is 0 Å². The van der Waals surface area contributed by atoms with E-state index in [1.807, 2.05) is 6.08 Å². The molecule has 3 rings (SSSR count). The fourth-order valence-electron chi connectivity index (χ4n) is 2.72. The zero-order valence-corrected chi connectivity index (χ0v) is 11.4. The summed E-state index contributed by atoms with van der Waals surface area (Å²) in [6.45, 7) is 2.12. The number of hydrogen-bond donors (Lipinski definition) is 0. The Balaban J connectivity index is 2.01. The molecule has 0 amide bonds. The molecule has 2 aromatic carbocycles. The first-order chi connectivity index (χ1) is 9.67. The van der Waals surface area contributed by atoms with Crippen LogP contribution in [-0.2, 0) is 12.8 Å². The molecule has 0 heterocycles. The monoisotopic (exact) mass is 270 g/mol. The van der Waals surface area contributed by atoms with Crippen LogP contribution >= 0.6 is 0 Å². The van der Waals surface area contributed by atoms with E-state index in [1.165, 1.54) is 11.6 Å². The van der Waals surface area contributed by atoms with Crippen LogP contribution in [0.4, 0.5) is 8.78 Å². The molecule has 0 fully saturated rings. The number of fused-ring (bicyclic) bond motifs is 1. The van der Waals surface area contributed by atoms with E-state index in [-0.39, 0.29) is 0 Å². The number of benzene rings is 2. The largest absolute Gasteiger partial charge is 0.207 e. The molecule has 0 N–H and O–H groups in total. The van der Waals surface area contributed by atoms with Gasteiger partial charge in [0.1, 0.15) is 11.6 Å². The summed E-state index contributed by atoms with van der Waals surface area (Å²) < 4.78 is 27.0. The van der Waals surface area contributed by atoms with Gasteiger partial charge in [0.05, 0.1) is 0 Å². The molecule has 0 saturated carbocycles. The second kappa shape index (κ2) is 5.20. The van der Waals surface area contributed by atoms with Crippen LogP contribution in [0.25, 0.3) is 11.6 Å². The van der Waals surface area contributed by atoms with Crippen LogP contribution in [0.2, 0.25) is 0 Å². The van der Waals surface area contributed by atoms with Crippen molar-refractivity contribution in [1.82, 2.24) is 0 Å². The van der Waals surface area contributed by atoms with E-state index in [2.05, 4.69) is 31.2 Å². The Kier molecular flexibility index (Phi) is 3.39. The Morgan fingerprint density at radius 1 is 1.00 bits per heavy atom. The SMILES string of the molecule is CCc1ccc(C2=Cc3cc(F)cc(F)c3CC2)cc1. The van der Waals surface area contributed by atoms with Gasteiger partial charge in [0.25, 0.3) is 0 Å². The van der Waals surface area contributed by atoms with Crippen molar-refractivity contribution in [3.63, 3.8) is 0 Å². The Labute approximate surface area is 117 Å². The third-order valence-electron chi connectivity index (χ3n) is 3.90. The first kappa shape index (κ1) is 13.0. The summed E-state index contributed by atoms with van der Waals surface area (Å²) in [5.41, 5.74) is 4.87. The summed E-state index contributed by atoms with van der Waals surface area (Å²) in [4.78, 5) is 0. The predicted molar refractivity (Wildman–Crippen MR) is 78.4 cm³/mol. The second-order valence-electron chi connectivity index (χ2n) is 5.18. The Bertz CT molecular complexity index is 667. The fraction of sp³-hybridized carbons (Fsp3) is 0.222. The topological polar surface area (TPSA) is 0 Å². The fourth-order valence-corrected chi connectivity index (χ4v) is 2.72. The lowest BCUT2D eigenvalue weighted by Gasteiger charge is -2.17. The molecular formula is C18H16F2. The van der Waals surface area contributed by atoms with Crippen LogP contribution in [0.5, 0.6) is 0 Å². The van der Waals surface area contributed by atoms with Gasteiger partial charge >= 0.3 is 0 Å². The molecule has 0 bridgehead atoms. The average Bonchev–Trinajstić information content (AvgIpc) is 2.46. The smallest absolute Gasteiger partial charge is 0.129 e. The van der Waals surface area contributed by atoms with E-state index in [0.29, 0.717) is 17.5 Å². The zero-order chi connectivity index (χ0) is 14.1. The van der Waals surface area contributed by atoms with Crippen molar-refractivity contribution in [1.29, 1.82) is 0 Å². The van der Waals surface area contributed by atoms with Crippen LogP contribution in [0.3, 0.4) is 0 Å². The third-order valence-corrected chi connectivity index (χ3v) is 3.90. The van der Waals surface area contributed by atoms with Crippen LogP contribution in [0, 0.1) is 11.6 Å². The van der Waals surface area contributed by atoms with Gasteiger partial charge in [-0.3, -0.25) is 0 Å². The van der Waals surface area contributed by atoms with Crippen molar-refractivity contribution in [3.05, 3.63) is 70.3 Å². The van der Waals surface area contributed by atoms with E-state index in [9.17, 15) is 8.78 Å². The lowest BCUT2D eigenvalue weighted by molar-refractivity contribution is 0.570. The van der Waals surface area contributed by atoms with Crippen molar-refractivity contribution in [3.8, 4) is 0 Å². The van der Waals surface area contributed by atoms with Gasteiger partial charge in [-0.25, -0.2) is 8.78 Å². The minimum Gasteiger partial charge on any atom is -0.207 e. The first-order valence-corrected chi connectivity index (χ1v) is 6.95. The summed E-state index contributed by atoms with van der Waals surface area (Å²) in [5.74, 6) is -0.947. The summed E-state index contributed by atoms with van der Waals surface area (Å²) in [6, 6.07) is 10.8. The minimum absolute atomic E-state index is 0.434. The molecular weight excluding hydrogens is 254 g/mol. The molecule has 0 radical (unpaired) electrons. The third kappa shape index (κ3) is 2.38. The molecule has 0 spiro atoms. The van der Waals surface area contributed by atoms with Crippen molar-refractivity contribution < 1.29 is 8.78 Å². The van der Waals surface area contributed by atoms with Gasteiger partial charge in [-0.1, -0.05) is 37.3 Å². The quantitative estimate of drug-likeness (QED) is 0.719. The summed E-state index contributed by atoms with van der Waals surface area (Å²) in [6.07, 6.45) is 4.34. The van der Waals surface area contributed by atoms with Gasteiger partial charge in [-0.2, -0.15) is 0 Å². The lowest BCUT2D eigenvalue weighted by Crippen LogP contribution is -2.03. The number of rotatable bonds is 2. The maximum absolute atomic E-state index is 13.7. The number of allylic oxidation sites excluding steroid dienone is 1. The van der Waals surface area contributed by atoms with Crippen molar-refractivity contribution in [2.75, 3.05) is 0 Å². The molecule has 0 atom stereocenters. The molecule has 0 aromatic heterocycles. The highest BCUT2D eigenvalue weighted by atomic mass is 19.1. The molecule has 0 unspecified atom stereocenters. The summed E-state index contributed by atoms with van der Waals surface area (Å²) in [5, 5.41) is 0. The van der Waals surface area contributed by atoms with Crippen molar-refractivity contribution >= 4 is 11.6 Å². The van der Waals surface area contributed by atoms with E-state index < -0.39 is 11.6 Å². The standard InChI is InChI=1S/C18H16F2/c1-2-12-3-5-13(6-4-12)14-7-8-17-15(9-14)10-16(19)11-18(17)20/h3-6,9-11H,2,7-8H2,1H3. The predicted octanol–water partition coefficient (Wildman–Crippen LogP) is 5.01. The number of halogens is 2. The first-order valence-electron chi connectivity index (χ1n) is 6.95. The molecule has 20 heavy (non-hydrogen) atoms. The molecule has 2 heteroatoms. The van der Waals surface area contributed by atoms with E-state index in [1.54, 1.807) is 0 Å². The minimum atomic E-state index is -0.514. The maximum atomic E-state index is 13.7. The summed E-state index contributed by atoms with van der Waals surface area (Å²) >= 11 is 0. The lowest BCUT2D eigenvalue weighted by atomic mass is 9.88. The Morgan fingerprint density at radius 3 is 2.45 bits per heavy atom. The highest BCUT2D eigenvalue weighted by molar-refractivity contribution is 5.84. The Morgan fingerprint density at radius 2 is 1.75 bits per heavy atom. The van der Waals surface area contributed by atoms with Gasteiger partial charge in [0.2, 0.25) is 0 Å². The highest BCUT2D eigenvalue weighted by Crippen LogP contribution is 2.32. The molecule has 102 valence electrons. The Hall–Kier alpha value is -1.96. The van der Waals surface area contributed by atoms with Gasteiger partial charge in [-0.05, 0) is 53.2 Å². The summed E-state index contributed by atoms with van der Waals surface area (Å²) in [7, 11) is 0. The van der Waals surface area contributed by atoms with Crippen LogP contribution in [-0.4, -0.2) is 0 Å². The average molecular weight is 270 g/mol. The van der Waals surface area contributed by atoms with Crippen LogP contribution in [0.1, 0.15) is 35.6 Å². The van der Waals surface area contributed by atoms with E-state index >= 15 is 0 Å². The molecule has 1 aliphatic rings. The van der Waals surface area contributed by atoms with Crippen molar-refractivity contribution in [2.24, 2.45) is 0 Å². The maximum Gasteiger partial charge on any atom is 0.129 e. The van der Waals surface area contributed by atoms with E-state index in [0.717, 1.165) is 30.0 Å². The molecule has 0 saturated heterocycles. The van der Waals surface area contributed by atoms with Crippen LogP contribution in [0.15, 0.2) is 36.4 Å². The van der Waals surface area contributed by atoms with Gasteiger partial charge < -0.3 is 0 Å². The highest BCUT2D eigenvalue weighted by Gasteiger charge is 2.16. The normalized spacial score (nSPS) is 13.8. The van der Waals surface area contributed by atoms with Gasteiger partial charge in [0, 0.05) is 6.07 Å². The zero-order valence-electron chi connectivity index (χ0n) is 11.4. The van der Waals surface area contributed by atoms with Gasteiger partial charge in [-0.15, -0.1) is 0 Å². The van der Waals surface area contributed by atoms with Gasteiger partial charge in [0.15, 0.2) is 0 Å². The second-order valence-corrected chi connectivity index (χ2v) is 5.18. The number of hydrogen-bond acceptors (Lipinski definition) is 0.